The minimum atomic E-state index is -0.482. The van der Waals surface area contributed by atoms with Crippen molar-refractivity contribution in [3.63, 3.8) is 0 Å². The molecular weight excluding hydrogens is 294 g/mol. The van der Waals surface area contributed by atoms with Crippen LogP contribution in [0.5, 0.6) is 0 Å². The average molecular weight is 309 g/mol. The molecule has 116 valence electrons. The molecular formula is C17H15N3O3. The maximum Gasteiger partial charge on any atom is 0.271 e. The largest absolute Gasteiger partial charge is 0.272 e. The molecule has 6 atom stereocenters. The van der Waals surface area contributed by atoms with Gasteiger partial charge < -0.3 is 0 Å². The molecule has 1 saturated heterocycles. The molecule has 5 aliphatic rings. The highest BCUT2D eigenvalue weighted by molar-refractivity contribution is 6.08. The molecule has 2 saturated carbocycles. The third-order valence-corrected chi connectivity index (χ3v) is 5.80. The number of rotatable bonds is 2. The van der Waals surface area contributed by atoms with E-state index >= 15 is 0 Å². The van der Waals surface area contributed by atoms with Crippen molar-refractivity contribution >= 4 is 17.7 Å². The summed E-state index contributed by atoms with van der Waals surface area (Å²) in [6.07, 6.45) is 8.31. The molecule has 2 heterocycles. The van der Waals surface area contributed by atoms with E-state index in [-0.39, 0.29) is 35.5 Å². The number of nitrogens with zero attached hydrogens (tertiary/aromatic N) is 2. The van der Waals surface area contributed by atoms with Gasteiger partial charge in [0.2, 0.25) is 0 Å². The first-order valence-corrected chi connectivity index (χ1v) is 7.94. The monoisotopic (exact) mass is 309 g/mol. The van der Waals surface area contributed by atoms with Gasteiger partial charge in [-0.15, -0.1) is 0 Å². The van der Waals surface area contributed by atoms with Crippen molar-refractivity contribution in [2.45, 2.75) is 6.42 Å². The Morgan fingerprint density at radius 2 is 1.78 bits per heavy atom. The molecule has 3 amide bonds. The van der Waals surface area contributed by atoms with Crippen LogP contribution in [0.25, 0.3) is 0 Å². The maximum absolute atomic E-state index is 12.7. The minimum absolute atomic E-state index is 0.159. The first-order chi connectivity index (χ1) is 11.2. The number of carbonyl (C=O) groups excluding carboxylic acids is 3. The normalized spacial score (nSPS) is 39.2. The summed E-state index contributed by atoms with van der Waals surface area (Å²) < 4.78 is 0. The highest BCUT2D eigenvalue weighted by atomic mass is 16.2. The molecule has 0 unspecified atom stereocenters. The Hall–Kier alpha value is -2.50. The lowest BCUT2D eigenvalue weighted by Gasteiger charge is -2.37. The third-order valence-electron chi connectivity index (χ3n) is 5.80. The molecule has 4 aliphatic carbocycles. The van der Waals surface area contributed by atoms with Crippen LogP contribution in [-0.2, 0) is 9.59 Å². The minimum Gasteiger partial charge on any atom is -0.272 e. The fourth-order valence-corrected chi connectivity index (χ4v) is 4.73. The van der Waals surface area contributed by atoms with Crippen LogP contribution in [0, 0.1) is 35.5 Å². The summed E-state index contributed by atoms with van der Waals surface area (Å²) in [6, 6.07) is 3.24. The van der Waals surface area contributed by atoms with Crippen LogP contribution in [0.2, 0.25) is 0 Å². The summed E-state index contributed by atoms with van der Waals surface area (Å²) in [6.45, 7) is 0. The van der Waals surface area contributed by atoms with E-state index in [1.807, 2.05) is 0 Å². The quantitative estimate of drug-likeness (QED) is 0.647. The van der Waals surface area contributed by atoms with E-state index in [0.717, 1.165) is 11.4 Å². The van der Waals surface area contributed by atoms with Crippen molar-refractivity contribution in [1.82, 2.24) is 15.4 Å². The molecule has 1 aromatic rings. The van der Waals surface area contributed by atoms with Crippen LogP contribution in [-0.4, -0.2) is 27.7 Å². The predicted molar refractivity (Wildman–Crippen MR) is 78.3 cm³/mol. The van der Waals surface area contributed by atoms with Crippen LogP contribution in [0.4, 0.5) is 0 Å². The summed E-state index contributed by atoms with van der Waals surface area (Å²) in [5.74, 6) is -0.175. The summed E-state index contributed by atoms with van der Waals surface area (Å²) in [5, 5.41) is 0.947. The fourth-order valence-electron chi connectivity index (χ4n) is 4.73. The standard InChI is InChI=1S/C17H15N3O3/c21-15(8-2-1-5-18-7-8)19-20-16(22)13-9-3-4-10(12-6-11(9)12)14(13)17(20)23/h1-5,7,9-14H,6H2,(H,19,21)/t9-,10-,11-,12+,13+,14+/m1/s1. The van der Waals surface area contributed by atoms with Crippen LogP contribution in [0.15, 0.2) is 36.7 Å². The number of allylic oxidation sites excluding steroid dienone is 2. The smallest absolute Gasteiger partial charge is 0.271 e. The van der Waals surface area contributed by atoms with Crippen LogP contribution < -0.4 is 5.43 Å². The Bertz CT molecular complexity index is 724. The van der Waals surface area contributed by atoms with Crippen LogP contribution in [0.1, 0.15) is 16.8 Å². The number of carbonyl (C=O) groups is 3. The van der Waals surface area contributed by atoms with Gasteiger partial charge in [0.15, 0.2) is 0 Å². The average Bonchev–Trinajstić information content (AvgIpc) is 3.37. The van der Waals surface area contributed by atoms with Gasteiger partial charge in [-0.05, 0) is 42.2 Å². The van der Waals surface area contributed by atoms with Gasteiger partial charge in [-0.1, -0.05) is 12.2 Å². The molecule has 0 spiro atoms. The van der Waals surface area contributed by atoms with Gasteiger partial charge in [-0.2, -0.15) is 5.01 Å². The molecule has 0 aromatic carbocycles. The molecule has 1 aromatic heterocycles. The molecule has 23 heavy (non-hydrogen) atoms. The number of amides is 3. The van der Waals surface area contributed by atoms with E-state index < -0.39 is 5.91 Å². The number of aromatic nitrogens is 1. The van der Waals surface area contributed by atoms with Gasteiger partial charge in [0, 0.05) is 12.4 Å². The van der Waals surface area contributed by atoms with Crippen molar-refractivity contribution in [3.8, 4) is 0 Å². The Morgan fingerprint density at radius 1 is 1.13 bits per heavy atom. The second kappa shape index (κ2) is 4.28. The summed E-state index contributed by atoms with van der Waals surface area (Å²) in [7, 11) is 0. The molecule has 6 nitrogen and oxygen atoms in total. The lowest BCUT2D eigenvalue weighted by Crippen LogP contribution is -2.46. The van der Waals surface area contributed by atoms with Gasteiger partial charge in [0.05, 0.1) is 17.4 Å². The molecule has 1 aliphatic heterocycles. The van der Waals surface area contributed by atoms with Crippen LogP contribution >= 0.6 is 0 Å². The van der Waals surface area contributed by atoms with E-state index in [2.05, 4.69) is 22.6 Å². The highest BCUT2D eigenvalue weighted by Crippen LogP contribution is 2.65. The van der Waals surface area contributed by atoms with Gasteiger partial charge in [0.25, 0.3) is 17.7 Å². The Balaban J connectivity index is 1.42. The van der Waals surface area contributed by atoms with Crippen molar-refractivity contribution in [1.29, 1.82) is 0 Å². The third kappa shape index (κ3) is 1.63. The molecule has 6 heteroatoms. The van der Waals surface area contributed by atoms with Crippen LogP contribution in [0.3, 0.4) is 0 Å². The first kappa shape index (κ1) is 13.0. The van der Waals surface area contributed by atoms with Crippen molar-refractivity contribution < 1.29 is 14.4 Å². The molecule has 2 bridgehead atoms. The molecule has 0 radical (unpaired) electrons. The summed E-state index contributed by atoms with van der Waals surface area (Å²) in [4.78, 5) is 41.5. The summed E-state index contributed by atoms with van der Waals surface area (Å²) in [5.41, 5.74) is 2.80. The topological polar surface area (TPSA) is 79.4 Å². The van der Waals surface area contributed by atoms with Crippen molar-refractivity contribution in [3.05, 3.63) is 42.2 Å². The SMILES string of the molecule is O=C(NN1C(=O)[C@H]2[C@@H]3C=C[C@H]([C@@H]4C[C@H]34)[C@@H]2C1=O)c1cccnc1. The second-order valence-corrected chi connectivity index (χ2v) is 6.85. The number of imide groups is 1. The predicted octanol–water partition coefficient (Wildman–Crippen LogP) is 0.779. The van der Waals surface area contributed by atoms with E-state index in [1.54, 1.807) is 18.3 Å². The lowest BCUT2D eigenvalue weighted by molar-refractivity contribution is -0.143. The zero-order valence-electron chi connectivity index (χ0n) is 12.3. The zero-order chi connectivity index (χ0) is 15.7. The van der Waals surface area contributed by atoms with Crippen molar-refractivity contribution in [2.24, 2.45) is 35.5 Å². The maximum atomic E-state index is 12.7. The fraction of sp³-hybridized carbons (Fsp3) is 0.412. The number of hydrazine groups is 1. The van der Waals surface area contributed by atoms with Gasteiger partial charge in [-0.25, -0.2) is 0 Å². The number of hydrogen-bond acceptors (Lipinski definition) is 4. The Labute approximate surface area is 132 Å². The van der Waals surface area contributed by atoms with E-state index in [1.165, 1.54) is 6.20 Å². The number of pyridine rings is 1. The Morgan fingerprint density at radius 3 is 2.35 bits per heavy atom. The van der Waals surface area contributed by atoms with Gasteiger partial charge in [-0.3, -0.25) is 24.8 Å². The van der Waals surface area contributed by atoms with Crippen molar-refractivity contribution in [2.75, 3.05) is 0 Å². The molecule has 1 N–H and O–H groups in total. The van der Waals surface area contributed by atoms with E-state index in [4.69, 9.17) is 0 Å². The van der Waals surface area contributed by atoms with Gasteiger partial charge in [0.1, 0.15) is 0 Å². The summed E-state index contributed by atoms with van der Waals surface area (Å²) >= 11 is 0. The number of nitrogens with one attached hydrogen (secondary N) is 1. The molecule has 3 fully saturated rings. The zero-order valence-corrected chi connectivity index (χ0v) is 12.3. The Kier molecular flexibility index (Phi) is 2.42. The molecule has 6 rings (SSSR count). The highest BCUT2D eigenvalue weighted by Gasteiger charge is 2.67. The lowest BCUT2D eigenvalue weighted by atomic mass is 9.63. The second-order valence-electron chi connectivity index (χ2n) is 6.85. The number of hydrogen-bond donors (Lipinski definition) is 1. The van der Waals surface area contributed by atoms with E-state index in [9.17, 15) is 14.4 Å². The first-order valence-electron chi connectivity index (χ1n) is 7.94. The van der Waals surface area contributed by atoms with E-state index in [0.29, 0.717) is 17.4 Å². The van der Waals surface area contributed by atoms with Gasteiger partial charge >= 0.3 is 0 Å².